The van der Waals surface area contributed by atoms with Crippen molar-refractivity contribution in [3.05, 3.63) is 100 Å². The van der Waals surface area contributed by atoms with Crippen LogP contribution >= 0.6 is 11.6 Å². The Labute approximate surface area is 192 Å². The third-order valence-electron chi connectivity index (χ3n) is 5.33. The van der Waals surface area contributed by atoms with Crippen LogP contribution in [0, 0.1) is 6.92 Å². The van der Waals surface area contributed by atoms with E-state index in [1.165, 1.54) is 4.90 Å². The fourth-order valence-electron chi connectivity index (χ4n) is 3.63. The molecule has 0 atom stereocenters. The summed E-state index contributed by atoms with van der Waals surface area (Å²) in [6.45, 7) is 4.51. The van der Waals surface area contributed by atoms with Crippen LogP contribution in [0.4, 0.5) is 5.69 Å². The molecule has 0 spiro atoms. The minimum absolute atomic E-state index is 0.193. The second-order valence-corrected chi connectivity index (χ2v) is 7.83. The average molecular weight is 447 g/mol. The van der Waals surface area contributed by atoms with Crippen molar-refractivity contribution < 1.29 is 14.3 Å². The number of halogens is 1. The molecule has 2 amide bonds. The molecule has 5 nitrogen and oxygen atoms in total. The van der Waals surface area contributed by atoms with Gasteiger partial charge in [-0.25, -0.2) is 0 Å². The van der Waals surface area contributed by atoms with Crippen molar-refractivity contribution in [2.75, 3.05) is 11.9 Å². The summed E-state index contributed by atoms with van der Waals surface area (Å²) in [6, 6.07) is 22.1. The summed E-state index contributed by atoms with van der Waals surface area (Å²) < 4.78 is 5.51. The molecule has 0 bridgehead atoms. The molecule has 1 heterocycles. The molecule has 6 heteroatoms. The molecule has 0 saturated heterocycles. The normalized spacial score (nSPS) is 13.7. The number of ether oxygens (including phenoxy) is 1. The first kappa shape index (κ1) is 21.7. The Morgan fingerprint density at radius 1 is 0.906 bits per heavy atom. The molecule has 1 aliphatic rings. The summed E-state index contributed by atoms with van der Waals surface area (Å²) in [5, 5.41) is 3.77. The quantitative estimate of drug-likeness (QED) is 0.491. The summed E-state index contributed by atoms with van der Waals surface area (Å²) in [5.41, 5.74) is 3.56. The SMILES string of the molecule is CCOc1ccc(C2=C(Nc3cccc(Cl)c3C)C(=O)N(Cc3ccccc3)C2=O)cc1. The molecule has 0 aromatic heterocycles. The summed E-state index contributed by atoms with van der Waals surface area (Å²) in [7, 11) is 0. The zero-order valence-corrected chi connectivity index (χ0v) is 18.6. The summed E-state index contributed by atoms with van der Waals surface area (Å²) >= 11 is 6.27. The first-order valence-corrected chi connectivity index (χ1v) is 10.8. The molecular formula is C26H23ClN2O3. The highest BCUT2D eigenvalue weighted by Gasteiger charge is 2.39. The van der Waals surface area contributed by atoms with Crippen LogP contribution < -0.4 is 10.1 Å². The average Bonchev–Trinajstić information content (AvgIpc) is 3.03. The Bertz CT molecular complexity index is 1190. The number of amides is 2. The topological polar surface area (TPSA) is 58.6 Å². The second kappa shape index (κ2) is 9.28. The maximum absolute atomic E-state index is 13.4. The van der Waals surface area contributed by atoms with Crippen LogP contribution in [0.3, 0.4) is 0 Å². The molecule has 0 unspecified atom stereocenters. The Kier molecular flexibility index (Phi) is 6.28. The van der Waals surface area contributed by atoms with Gasteiger partial charge in [-0.3, -0.25) is 14.5 Å². The van der Waals surface area contributed by atoms with Gasteiger partial charge < -0.3 is 10.1 Å². The van der Waals surface area contributed by atoms with E-state index in [0.717, 1.165) is 11.1 Å². The molecule has 4 rings (SSSR count). The zero-order chi connectivity index (χ0) is 22.7. The van der Waals surface area contributed by atoms with E-state index >= 15 is 0 Å². The lowest BCUT2D eigenvalue weighted by Gasteiger charge is -2.16. The van der Waals surface area contributed by atoms with E-state index in [1.807, 2.05) is 50.2 Å². The molecule has 162 valence electrons. The smallest absolute Gasteiger partial charge is 0.278 e. The van der Waals surface area contributed by atoms with Crippen molar-refractivity contribution in [2.24, 2.45) is 0 Å². The van der Waals surface area contributed by atoms with Gasteiger partial charge in [-0.15, -0.1) is 0 Å². The first-order valence-electron chi connectivity index (χ1n) is 10.4. The molecular weight excluding hydrogens is 424 g/mol. The van der Waals surface area contributed by atoms with Crippen LogP contribution in [0.15, 0.2) is 78.5 Å². The van der Waals surface area contributed by atoms with Crippen LogP contribution in [-0.4, -0.2) is 23.3 Å². The van der Waals surface area contributed by atoms with Crippen molar-refractivity contribution in [2.45, 2.75) is 20.4 Å². The van der Waals surface area contributed by atoms with Gasteiger partial charge in [0.05, 0.1) is 18.7 Å². The third-order valence-corrected chi connectivity index (χ3v) is 5.74. The zero-order valence-electron chi connectivity index (χ0n) is 17.9. The summed E-state index contributed by atoms with van der Waals surface area (Å²) in [6.07, 6.45) is 0. The molecule has 0 saturated carbocycles. The Hall–Kier alpha value is -3.57. The number of hydrogen-bond donors (Lipinski definition) is 1. The van der Waals surface area contributed by atoms with Crippen molar-refractivity contribution in [1.82, 2.24) is 4.90 Å². The largest absolute Gasteiger partial charge is 0.494 e. The monoisotopic (exact) mass is 446 g/mol. The molecule has 0 radical (unpaired) electrons. The lowest BCUT2D eigenvalue weighted by Crippen LogP contribution is -2.32. The Balaban J connectivity index is 1.75. The number of anilines is 1. The fourth-order valence-corrected chi connectivity index (χ4v) is 3.81. The van der Waals surface area contributed by atoms with E-state index < -0.39 is 0 Å². The maximum Gasteiger partial charge on any atom is 0.278 e. The highest BCUT2D eigenvalue weighted by Crippen LogP contribution is 2.34. The van der Waals surface area contributed by atoms with E-state index in [4.69, 9.17) is 16.3 Å². The highest BCUT2D eigenvalue weighted by atomic mass is 35.5. The summed E-state index contributed by atoms with van der Waals surface area (Å²) in [4.78, 5) is 28.1. The number of imide groups is 1. The van der Waals surface area contributed by atoms with Crippen molar-refractivity contribution >= 4 is 34.7 Å². The van der Waals surface area contributed by atoms with Gasteiger partial charge in [-0.1, -0.05) is 60.1 Å². The van der Waals surface area contributed by atoms with Crippen molar-refractivity contribution in [1.29, 1.82) is 0 Å². The number of nitrogens with zero attached hydrogens (tertiary/aromatic N) is 1. The van der Waals surface area contributed by atoms with E-state index in [-0.39, 0.29) is 24.1 Å². The van der Waals surface area contributed by atoms with Gasteiger partial charge >= 0.3 is 0 Å². The van der Waals surface area contributed by atoms with E-state index in [1.54, 1.807) is 36.4 Å². The van der Waals surface area contributed by atoms with Crippen LogP contribution in [0.1, 0.15) is 23.6 Å². The lowest BCUT2D eigenvalue weighted by molar-refractivity contribution is -0.137. The van der Waals surface area contributed by atoms with Gasteiger partial charge in [0.15, 0.2) is 0 Å². The number of benzene rings is 3. The number of nitrogens with one attached hydrogen (secondary N) is 1. The predicted octanol–water partition coefficient (Wildman–Crippen LogP) is 5.44. The molecule has 1 N–H and O–H groups in total. The van der Waals surface area contributed by atoms with E-state index in [2.05, 4.69) is 5.32 Å². The van der Waals surface area contributed by atoms with Crippen molar-refractivity contribution in [3.8, 4) is 5.75 Å². The number of rotatable bonds is 7. The Morgan fingerprint density at radius 2 is 1.62 bits per heavy atom. The van der Waals surface area contributed by atoms with Gasteiger partial charge in [-0.05, 0) is 54.8 Å². The van der Waals surface area contributed by atoms with Gasteiger partial charge in [0, 0.05) is 10.7 Å². The molecule has 3 aromatic carbocycles. The molecule has 3 aromatic rings. The van der Waals surface area contributed by atoms with Gasteiger partial charge in [0.1, 0.15) is 11.4 Å². The molecule has 0 fully saturated rings. The van der Waals surface area contributed by atoms with Gasteiger partial charge in [0.25, 0.3) is 11.8 Å². The second-order valence-electron chi connectivity index (χ2n) is 7.43. The summed E-state index contributed by atoms with van der Waals surface area (Å²) in [5.74, 6) is -0.0118. The minimum Gasteiger partial charge on any atom is -0.494 e. The predicted molar refractivity (Wildman–Crippen MR) is 126 cm³/mol. The molecule has 0 aliphatic carbocycles. The minimum atomic E-state index is -0.373. The van der Waals surface area contributed by atoms with Crippen molar-refractivity contribution in [3.63, 3.8) is 0 Å². The van der Waals surface area contributed by atoms with Gasteiger partial charge in [-0.2, -0.15) is 0 Å². The third kappa shape index (κ3) is 4.25. The standard InChI is InChI=1S/C26H23ClN2O3/c1-3-32-20-14-12-19(13-15-20)23-24(28-22-11-7-10-21(27)17(22)2)26(31)29(25(23)30)16-18-8-5-4-6-9-18/h4-15,28H,3,16H2,1-2H3. The number of hydrogen-bond acceptors (Lipinski definition) is 4. The maximum atomic E-state index is 13.4. The van der Waals surface area contributed by atoms with E-state index in [9.17, 15) is 9.59 Å². The number of carbonyl (C=O) groups is 2. The van der Waals surface area contributed by atoms with Crippen LogP contribution in [0.5, 0.6) is 5.75 Å². The number of carbonyl (C=O) groups excluding carboxylic acids is 2. The van der Waals surface area contributed by atoms with Crippen LogP contribution in [-0.2, 0) is 16.1 Å². The lowest BCUT2D eigenvalue weighted by atomic mass is 10.0. The Morgan fingerprint density at radius 3 is 2.31 bits per heavy atom. The molecule has 32 heavy (non-hydrogen) atoms. The molecule has 1 aliphatic heterocycles. The fraction of sp³-hybridized carbons (Fsp3) is 0.154. The van der Waals surface area contributed by atoms with Crippen LogP contribution in [0.25, 0.3) is 5.57 Å². The van der Waals surface area contributed by atoms with Gasteiger partial charge in [0.2, 0.25) is 0 Å². The van der Waals surface area contributed by atoms with E-state index in [0.29, 0.717) is 34.2 Å². The first-order chi connectivity index (χ1) is 15.5. The highest BCUT2D eigenvalue weighted by molar-refractivity contribution is 6.36. The van der Waals surface area contributed by atoms with Crippen LogP contribution in [0.2, 0.25) is 5.02 Å².